The fraction of sp³-hybridized carbons (Fsp3) is 0.935. The van der Waals surface area contributed by atoms with Crippen molar-refractivity contribution in [2.75, 3.05) is 0 Å². The number of aliphatic hydroxyl groups is 2. The Kier molecular flexibility index (Phi) is 8.05. The molecule has 5 heteroatoms. The second kappa shape index (κ2) is 10.3. The summed E-state index contributed by atoms with van der Waals surface area (Å²) in [7, 11) is 0. The summed E-state index contributed by atoms with van der Waals surface area (Å²) in [4.78, 5) is 25.1. The van der Waals surface area contributed by atoms with Crippen molar-refractivity contribution in [1.29, 1.82) is 0 Å². The van der Waals surface area contributed by atoms with E-state index in [1.54, 1.807) is 0 Å². The fourth-order valence-corrected chi connectivity index (χ4v) is 10.2. The first-order chi connectivity index (χ1) is 16.8. The van der Waals surface area contributed by atoms with Crippen molar-refractivity contribution in [1.82, 2.24) is 0 Å². The van der Waals surface area contributed by atoms with Crippen LogP contribution in [-0.4, -0.2) is 40.3 Å². The van der Waals surface area contributed by atoms with Crippen molar-refractivity contribution in [3.05, 3.63) is 0 Å². The van der Waals surface area contributed by atoms with E-state index in [4.69, 9.17) is 4.74 Å². The van der Waals surface area contributed by atoms with Crippen LogP contribution in [0.5, 0.6) is 0 Å². The third kappa shape index (κ3) is 4.59. The van der Waals surface area contributed by atoms with Gasteiger partial charge in [-0.2, -0.15) is 0 Å². The first-order valence-electron chi connectivity index (χ1n) is 14.9. The van der Waals surface area contributed by atoms with Crippen molar-refractivity contribution < 1.29 is 24.5 Å². The average molecular weight is 505 g/mol. The van der Waals surface area contributed by atoms with Crippen molar-refractivity contribution in [2.24, 2.45) is 58.2 Å². The van der Waals surface area contributed by atoms with E-state index in [9.17, 15) is 19.8 Å². The van der Waals surface area contributed by atoms with E-state index in [0.717, 1.165) is 44.9 Å². The summed E-state index contributed by atoms with van der Waals surface area (Å²) in [6, 6.07) is 0. The number of hydrogen-bond donors (Lipinski definition) is 2. The van der Waals surface area contributed by atoms with Gasteiger partial charge in [0.15, 0.2) is 0 Å². The molecule has 4 aliphatic rings. The normalized spacial score (nSPS) is 43.7. The Morgan fingerprint density at radius 1 is 1.00 bits per heavy atom. The van der Waals surface area contributed by atoms with Crippen molar-refractivity contribution in [3.8, 4) is 0 Å². The number of carbonyl (C=O) groups excluding carboxylic acids is 2. The molecule has 12 atom stereocenters. The molecule has 0 aromatic carbocycles. The van der Waals surface area contributed by atoms with Gasteiger partial charge in [0.25, 0.3) is 0 Å². The van der Waals surface area contributed by atoms with E-state index in [1.807, 2.05) is 0 Å². The topological polar surface area (TPSA) is 83.8 Å². The van der Waals surface area contributed by atoms with Crippen molar-refractivity contribution in [2.45, 2.75) is 125 Å². The number of fused-ring (bicyclic) bond motifs is 5. The molecule has 0 saturated heterocycles. The summed E-state index contributed by atoms with van der Waals surface area (Å²) in [5.74, 6) is 2.49. The van der Waals surface area contributed by atoms with Crippen LogP contribution in [0.4, 0.5) is 0 Å². The van der Waals surface area contributed by atoms with Gasteiger partial charge in [-0.3, -0.25) is 9.59 Å². The van der Waals surface area contributed by atoms with Crippen LogP contribution in [0.2, 0.25) is 0 Å². The standard InChI is InChI=1S/C31H52O5/c1-8-21(17(2)3)29(35)28(34)18(4)23-9-10-24-22-16-27(33)26-15-20(36-19(5)32)11-13-31(26,7)25(22)12-14-30(23,24)6/h17-18,20-26,28-29,34-35H,8-16H2,1-7H3/t18-,20-,21-,22-,23+,24-,25-,26+,28+,29+,30+,31+/m0/s1. The van der Waals surface area contributed by atoms with E-state index in [1.165, 1.54) is 6.92 Å². The molecule has 206 valence electrons. The van der Waals surface area contributed by atoms with Crippen LogP contribution in [0.3, 0.4) is 0 Å². The molecule has 0 aromatic heterocycles. The summed E-state index contributed by atoms with van der Waals surface area (Å²) >= 11 is 0. The van der Waals surface area contributed by atoms with Gasteiger partial charge in [0.05, 0.1) is 12.2 Å². The van der Waals surface area contributed by atoms with Crippen LogP contribution in [0.15, 0.2) is 0 Å². The molecule has 4 rings (SSSR count). The number of aliphatic hydroxyl groups excluding tert-OH is 2. The lowest BCUT2D eigenvalue weighted by Gasteiger charge is -2.60. The zero-order chi connectivity index (χ0) is 26.6. The average Bonchev–Trinajstić information content (AvgIpc) is 3.16. The third-order valence-corrected chi connectivity index (χ3v) is 12.1. The van der Waals surface area contributed by atoms with Gasteiger partial charge in [0.2, 0.25) is 0 Å². The van der Waals surface area contributed by atoms with Gasteiger partial charge in [-0.1, -0.05) is 48.0 Å². The molecule has 0 aromatic rings. The van der Waals surface area contributed by atoms with E-state index < -0.39 is 12.2 Å². The highest BCUT2D eigenvalue weighted by molar-refractivity contribution is 5.83. The molecule has 0 unspecified atom stereocenters. The predicted octanol–water partition coefficient (Wildman–Crippen LogP) is 5.80. The highest BCUT2D eigenvalue weighted by Crippen LogP contribution is 2.68. The molecule has 0 aliphatic heterocycles. The van der Waals surface area contributed by atoms with E-state index in [0.29, 0.717) is 48.2 Å². The number of Topliss-reactive ketones (excluding diaryl/α,β-unsaturated/α-hetero) is 1. The van der Waals surface area contributed by atoms with Crippen LogP contribution in [-0.2, 0) is 14.3 Å². The summed E-state index contributed by atoms with van der Waals surface area (Å²) < 4.78 is 5.54. The quantitative estimate of drug-likeness (QED) is 0.428. The molecule has 4 aliphatic carbocycles. The Labute approximate surface area is 219 Å². The first-order valence-corrected chi connectivity index (χ1v) is 14.9. The number of rotatable bonds is 7. The minimum absolute atomic E-state index is 0.00298. The maximum Gasteiger partial charge on any atom is 0.302 e. The van der Waals surface area contributed by atoms with Gasteiger partial charge >= 0.3 is 5.97 Å². The molecule has 5 nitrogen and oxygen atoms in total. The monoisotopic (exact) mass is 504 g/mol. The van der Waals surface area contributed by atoms with Gasteiger partial charge in [-0.25, -0.2) is 0 Å². The van der Waals surface area contributed by atoms with Gasteiger partial charge in [-0.05, 0) is 97.2 Å². The van der Waals surface area contributed by atoms with E-state index >= 15 is 0 Å². The Bertz CT molecular complexity index is 824. The Balaban J connectivity index is 1.51. The number of esters is 1. The van der Waals surface area contributed by atoms with Crippen LogP contribution < -0.4 is 0 Å². The summed E-state index contributed by atoms with van der Waals surface area (Å²) in [5.41, 5.74) is 0.113. The molecule has 0 spiro atoms. The molecule has 4 saturated carbocycles. The maximum atomic E-state index is 13.6. The lowest BCUT2D eigenvalue weighted by atomic mass is 9.44. The molecule has 0 heterocycles. The van der Waals surface area contributed by atoms with Gasteiger partial charge in [0.1, 0.15) is 11.9 Å². The van der Waals surface area contributed by atoms with Crippen LogP contribution >= 0.6 is 0 Å². The summed E-state index contributed by atoms with van der Waals surface area (Å²) in [6.45, 7) is 14.8. The Morgan fingerprint density at radius 2 is 1.64 bits per heavy atom. The zero-order valence-electron chi connectivity index (χ0n) is 23.8. The lowest BCUT2D eigenvalue weighted by Crippen LogP contribution is -2.57. The molecule has 0 radical (unpaired) electrons. The summed E-state index contributed by atoms with van der Waals surface area (Å²) in [5, 5.41) is 22.4. The smallest absolute Gasteiger partial charge is 0.302 e. The van der Waals surface area contributed by atoms with Crippen LogP contribution in [0.25, 0.3) is 0 Å². The van der Waals surface area contributed by atoms with Crippen molar-refractivity contribution in [3.63, 3.8) is 0 Å². The maximum absolute atomic E-state index is 13.6. The van der Waals surface area contributed by atoms with Crippen molar-refractivity contribution >= 4 is 11.8 Å². The highest BCUT2D eigenvalue weighted by atomic mass is 16.5. The first kappa shape index (κ1) is 28.1. The number of ether oxygens (including phenoxy) is 1. The van der Waals surface area contributed by atoms with E-state index in [2.05, 4.69) is 41.5 Å². The molecule has 0 bridgehead atoms. The molecule has 4 fully saturated rings. The second-order valence-corrected chi connectivity index (χ2v) is 14.0. The predicted molar refractivity (Wildman–Crippen MR) is 141 cm³/mol. The fourth-order valence-electron chi connectivity index (χ4n) is 10.2. The third-order valence-electron chi connectivity index (χ3n) is 12.1. The SMILES string of the molecule is CC[C@@H](C(C)C)[C@@H](O)[C@H](O)[C@@H](C)[C@H]1CC[C@H]2[C@@H]3CC(=O)[C@H]4C[C@@H](OC(C)=O)CC[C@]4(C)[C@H]3CC[C@]12C. The molecule has 36 heavy (non-hydrogen) atoms. The van der Waals surface area contributed by atoms with Crippen LogP contribution in [0.1, 0.15) is 106 Å². The minimum atomic E-state index is -0.706. The molecule has 0 amide bonds. The van der Waals surface area contributed by atoms with Gasteiger partial charge in [0, 0.05) is 19.3 Å². The van der Waals surface area contributed by atoms with Crippen LogP contribution in [0, 0.1) is 58.2 Å². The van der Waals surface area contributed by atoms with Gasteiger partial charge in [-0.15, -0.1) is 0 Å². The number of ketones is 1. The van der Waals surface area contributed by atoms with E-state index in [-0.39, 0.29) is 40.7 Å². The van der Waals surface area contributed by atoms with Gasteiger partial charge < -0.3 is 14.9 Å². The Morgan fingerprint density at radius 3 is 2.25 bits per heavy atom. The summed E-state index contributed by atoms with van der Waals surface area (Å²) in [6.07, 6.45) is 7.03. The zero-order valence-corrected chi connectivity index (χ0v) is 23.8. The highest BCUT2D eigenvalue weighted by Gasteiger charge is 2.63. The number of hydrogen-bond acceptors (Lipinski definition) is 5. The molecule has 2 N–H and O–H groups in total. The minimum Gasteiger partial charge on any atom is -0.463 e. The molecular weight excluding hydrogens is 452 g/mol. The largest absolute Gasteiger partial charge is 0.463 e. The Hall–Kier alpha value is -0.940. The molecular formula is C31H52O5. The second-order valence-electron chi connectivity index (χ2n) is 14.0. The lowest BCUT2D eigenvalue weighted by molar-refractivity contribution is -0.170. The number of carbonyl (C=O) groups is 2.